The van der Waals surface area contributed by atoms with Gasteiger partial charge in [-0.3, -0.25) is 0 Å². The van der Waals surface area contributed by atoms with Gasteiger partial charge in [-0.25, -0.2) is 9.97 Å². The number of rotatable bonds is 7. The molecule has 1 rings (SSSR count). The largest absolute Gasteiger partial charge is 0.490 e. The third-order valence-corrected chi connectivity index (χ3v) is 2.37. The average Bonchev–Trinajstić information content (AvgIpc) is 2.34. The molecule has 0 saturated carbocycles. The second-order valence-electron chi connectivity index (χ2n) is 4.32. The molecule has 4 nitrogen and oxygen atoms in total. The molecule has 17 heavy (non-hydrogen) atoms. The van der Waals surface area contributed by atoms with Gasteiger partial charge in [0.05, 0.1) is 18.5 Å². The van der Waals surface area contributed by atoms with Crippen LogP contribution in [0.2, 0.25) is 0 Å². The van der Waals surface area contributed by atoms with E-state index in [1.54, 1.807) is 6.20 Å². The van der Waals surface area contributed by atoms with Crippen LogP contribution in [0.3, 0.4) is 0 Å². The van der Waals surface area contributed by atoms with Crippen molar-refractivity contribution in [3.05, 3.63) is 17.7 Å². The average molecular weight is 237 g/mol. The van der Waals surface area contributed by atoms with Crippen molar-refractivity contribution in [2.24, 2.45) is 0 Å². The molecule has 0 bridgehead atoms. The van der Waals surface area contributed by atoms with Gasteiger partial charge >= 0.3 is 0 Å². The SMILES string of the molecule is CCCOc1cnc(C(C)C)nc1CNCC. The molecular formula is C13H23N3O. The molecule has 0 aromatic carbocycles. The highest BCUT2D eigenvalue weighted by molar-refractivity contribution is 5.25. The van der Waals surface area contributed by atoms with Crippen molar-refractivity contribution in [1.29, 1.82) is 0 Å². The molecule has 0 aliphatic heterocycles. The molecule has 1 aromatic heterocycles. The molecule has 96 valence electrons. The van der Waals surface area contributed by atoms with E-state index in [4.69, 9.17) is 4.74 Å². The Labute approximate surface area is 104 Å². The third-order valence-electron chi connectivity index (χ3n) is 2.37. The minimum Gasteiger partial charge on any atom is -0.490 e. The van der Waals surface area contributed by atoms with Gasteiger partial charge in [0.1, 0.15) is 5.82 Å². The monoisotopic (exact) mass is 237 g/mol. The van der Waals surface area contributed by atoms with Crippen LogP contribution in [0.5, 0.6) is 5.75 Å². The van der Waals surface area contributed by atoms with Gasteiger partial charge in [0.15, 0.2) is 5.75 Å². The van der Waals surface area contributed by atoms with E-state index in [0.29, 0.717) is 12.5 Å². The lowest BCUT2D eigenvalue weighted by Gasteiger charge is -2.12. The smallest absolute Gasteiger partial charge is 0.160 e. The predicted molar refractivity (Wildman–Crippen MR) is 69.3 cm³/mol. The Hall–Kier alpha value is -1.16. The van der Waals surface area contributed by atoms with E-state index >= 15 is 0 Å². The fourth-order valence-electron chi connectivity index (χ4n) is 1.40. The zero-order chi connectivity index (χ0) is 12.7. The summed E-state index contributed by atoms with van der Waals surface area (Å²) in [6, 6.07) is 0. The standard InChI is InChI=1S/C13H23N3O/c1-5-7-17-12-9-15-13(10(3)4)16-11(12)8-14-6-2/h9-10,14H,5-8H2,1-4H3. The van der Waals surface area contributed by atoms with E-state index < -0.39 is 0 Å². The summed E-state index contributed by atoms with van der Waals surface area (Å²) in [5.74, 6) is 2.02. The fraction of sp³-hybridized carbons (Fsp3) is 0.692. The van der Waals surface area contributed by atoms with E-state index in [1.807, 2.05) is 0 Å². The van der Waals surface area contributed by atoms with Crippen molar-refractivity contribution >= 4 is 0 Å². The summed E-state index contributed by atoms with van der Waals surface area (Å²) in [5.41, 5.74) is 0.957. The van der Waals surface area contributed by atoms with Crippen LogP contribution in [0.1, 0.15) is 51.6 Å². The van der Waals surface area contributed by atoms with Crippen LogP contribution in [0.15, 0.2) is 6.20 Å². The molecule has 1 N–H and O–H groups in total. The lowest BCUT2D eigenvalue weighted by atomic mass is 10.2. The second-order valence-corrected chi connectivity index (χ2v) is 4.32. The molecule has 0 fully saturated rings. The van der Waals surface area contributed by atoms with Crippen molar-refractivity contribution in [2.45, 2.75) is 46.6 Å². The maximum absolute atomic E-state index is 5.65. The van der Waals surface area contributed by atoms with Crippen LogP contribution in [-0.2, 0) is 6.54 Å². The molecule has 0 radical (unpaired) electrons. The van der Waals surface area contributed by atoms with Gasteiger partial charge in [-0.15, -0.1) is 0 Å². The summed E-state index contributed by atoms with van der Waals surface area (Å²) in [6.07, 6.45) is 2.79. The van der Waals surface area contributed by atoms with Gasteiger partial charge in [-0.1, -0.05) is 27.7 Å². The molecule has 0 spiro atoms. The highest BCUT2D eigenvalue weighted by atomic mass is 16.5. The van der Waals surface area contributed by atoms with Crippen LogP contribution >= 0.6 is 0 Å². The van der Waals surface area contributed by atoms with E-state index in [9.17, 15) is 0 Å². The maximum atomic E-state index is 5.65. The highest BCUT2D eigenvalue weighted by Gasteiger charge is 2.10. The Morgan fingerprint density at radius 3 is 2.71 bits per heavy atom. The van der Waals surface area contributed by atoms with Crippen molar-refractivity contribution in [2.75, 3.05) is 13.2 Å². The van der Waals surface area contributed by atoms with Gasteiger partial charge in [0, 0.05) is 12.5 Å². The lowest BCUT2D eigenvalue weighted by molar-refractivity contribution is 0.309. The van der Waals surface area contributed by atoms with Gasteiger partial charge in [0.25, 0.3) is 0 Å². The molecule has 1 aromatic rings. The number of aromatic nitrogens is 2. The van der Waals surface area contributed by atoms with Crippen molar-refractivity contribution in [3.8, 4) is 5.75 Å². The van der Waals surface area contributed by atoms with Gasteiger partial charge in [-0.05, 0) is 13.0 Å². The number of ether oxygens (including phenoxy) is 1. The van der Waals surface area contributed by atoms with E-state index in [1.165, 1.54) is 0 Å². The Morgan fingerprint density at radius 2 is 2.12 bits per heavy atom. The number of hydrogen-bond donors (Lipinski definition) is 1. The van der Waals surface area contributed by atoms with Gasteiger partial charge in [-0.2, -0.15) is 0 Å². The molecule has 0 unspecified atom stereocenters. The summed E-state index contributed by atoms with van der Waals surface area (Å²) in [5, 5.41) is 3.28. The Balaban J connectivity index is 2.86. The highest BCUT2D eigenvalue weighted by Crippen LogP contribution is 2.18. The van der Waals surface area contributed by atoms with E-state index in [-0.39, 0.29) is 0 Å². The second kappa shape index (κ2) is 7.22. The summed E-state index contributed by atoms with van der Waals surface area (Å²) in [6.45, 7) is 10.7. The quantitative estimate of drug-likeness (QED) is 0.791. The Morgan fingerprint density at radius 1 is 1.35 bits per heavy atom. The summed E-state index contributed by atoms with van der Waals surface area (Å²) in [4.78, 5) is 8.90. The first-order valence-electron chi connectivity index (χ1n) is 6.38. The molecule has 0 aliphatic rings. The van der Waals surface area contributed by atoms with Crippen LogP contribution in [-0.4, -0.2) is 23.1 Å². The van der Waals surface area contributed by atoms with Gasteiger partial charge in [0.2, 0.25) is 0 Å². The van der Waals surface area contributed by atoms with Crippen molar-refractivity contribution < 1.29 is 4.74 Å². The molecule has 1 heterocycles. The Bertz CT molecular complexity index is 339. The van der Waals surface area contributed by atoms with Crippen molar-refractivity contribution in [1.82, 2.24) is 15.3 Å². The third kappa shape index (κ3) is 4.30. The molecule has 0 saturated heterocycles. The summed E-state index contributed by atoms with van der Waals surface area (Å²) in [7, 11) is 0. The fourth-order valence-corrected chi connectivity index (χ4v) is 1.40. The van der Waals surface area contributed by atoms with Crippen LogP contribution in [0.4, 0.5) is 0 Å². The first kappa shape index (κ1) is 13.9. The van der Waals surface area contributed by atoms with Crippen LogP contribution < -0.4 is 10.1 Å². The topological polar surface area (TPSA) is 47.0 Å². The minimum absolute atomic E-state index is 0.343. The Kier molecular flexibility index (Phi) is 5.91. The molecule has 0 aliphatic carbocycles. The summed E-state index contributed by atoms with van der Waals surface area (Å²) >= 11 is 0. The van der Waals surface area contributed by atoms with Crippen LogP contribution in [0, 0.1) is 0 Å². The van der Waals surface area contributed by atoms with Gasteiger partial charge < -0.3 is 10.1 Å². The van der Waals surface area contributed by atoms with E-state index in [2.05, 4.69) is 43.0 Å². The number of hydrogen-bond acceptors (Lipinski definition) is 4. The predicted octanol–water partition coefficient (Wildman–Crippen LogP) is 2.50. The van der Waals surface area contributed by atoms with Crippen molar-refractivity contribution in [3.63, 3.8) is 0 Å². The molecule has 0 amide bonds. The zero-order valence-electron chi connectivity index (χ0n) is 11.3. The first-order chi connectivity index (χ1) is 8.19. The first-order valence-corrected chi connectivity index (χ1v) is 6.38. The zero-order valence-corrected chi connectivity index (χ0v) is 11.3. The number of nitrogens with zero attached hydrogens (tertiary/aromatic N) is 2. The summed E-state index contributed by atoms with van der Waals surface area (Å²) < 4.78 is 5.65. The van der Waals surface area contributed by atoms with E-state index in [0.717, 1.165) is 36.8 Å². The number of nitrogens with one attached hydrogen (secondary N) is 1. The normalized spacial score (nSPS) is 10.9. The maximum Gasteiger partial charge on any atom is 0.160 e. The lowest BCUT2D eigenvalue weighted by Crippen LogP contribution is -2.16. The molecule has 4 heteroatoms. The molecular weight excluding hydrogens is 214 g/mol. The van der Waals surface area contributed by atoms with Crippen LogP contribution in [0.25, 0.3) is 0 Å². The molecule has 0 atom stereocenters. The minimum atomic E-state index is 0.343.